The van der Waals surface area contributed by atoms with E-state index in [9.17, 15) is 0 Å². The second-order valence-corrected chi connectivity index (χ2v) is 7.40. The Balaban J connectivity index is 1.49. The third-order valence-corrected chi connectivity index (χ3v) is 5.79. The first-order valence-corrected chi connectivity index (χ1v) is 9.41. The normalized spacial score (nSPS) is 19.5. The van der Waals surface area contributed by atoms with Crippen LogP contribution in [0.25, 0.3) is 27.6 Å². The molecule has 0 atom stereocenters. The molecule has 3 heteroatoms. The van der Waals surface area contributed by atoms with Gasteiger partial charge in [-0.2, -0.15) is 0 Å². The van der Waals surface area contributed by atoms with Crippen LogP contribution >= 0.6 is 0 Å². The number of allylic oxidation sites excluding steroid dienone is 1. The van der Waals surface area contributed by atoms with E-state index in [2.05, 4.69) is 54.6 Å². The highest BCUT2D eigenvalue weighted by molar-refractivity contribution is 6.05. The molecule has 1 saturated carbocycles. The summed E-state index contributed by atoms with van der Waals surface area (Å²) in [7, 11) is 0. The first-order chi connectivity index (χ1) is 12.7. The van der Waals surface area contributed by atoms with Gasteiger partial charge in [0.25, 0.3) is 0 Å². The molecule has 2 aliphatic rings. The van der Waals surface area contributed by atoms with Gasteiger partial charge in [-0.1, -0.05) is 48.0 Å². The summed E-state index contributed by atoms with van der Waals surface area (Å²) in [5.41, 5.74) is 9.97. The molecule has 26 heavy (non-hydrogen) atoms. The average Bonchev–Trinajstić information content (AvgIpc) is 3.13. The van der Waals surface area contributed by atoms with Gasteiger partial charge in [0, 0.05) is 23.9 Å². The molecule has 0 aromatic heterocycles. The Hall–Kier alpha value is -2.36. The minimum atomic E-state index is -0.314. The van der Waals surface area contributed by atoms with Crippen molar-refractivity contribution in [2.24, 2.45) is 0 Å². The fourth-order valence-electron chi connectivity index (χ4n) is 4.28. The molecule has 3 aromatic carbocycles. The van der Waals surface area contributed by atoms with Crippen LogP contribution in [-0.4, -0.2) is 19.0 Å². The van der Waals surface area contributed by atoms with Crippen LogP contribution in [0.1, 0.15) is 31.2 Å². The third-order valence-electron chi connectivity index (χ3n) is 5.79. The van der Waals surface area contributed by atoms with Crippen LogP contribution in [0.2, 0.25) is 0 Å². The van der Waals surface area contributed by atoms with Crippen LogP contribution in [0.4, 0.5) is 5.69 Å². The summed E-state index contributed by atoms with van der Waals surface area (Å²) in [6.45, 7) is 1.45. The molecule has 1 saturated heterocycles. The zero-order chi connectivity index (χ0) is 17.6. The van der Waals surface area contributed by atoms with Crippen LogP contribution in [0.15, 0.2) is 54.1 Å². The van der Waals surface area contributed by atoms with E-state index in [1.54, 1.807) is 0 Å². The van der Waals surface area contributed by atoms with Gasteiger partial charge in [0.2, 0.25) is 0 Å². The second kappa shape index (κ2) is 6.11. The molecule has 1 heterocycles. The highest BCUT2D eigenvalue weighted by Crippen LogP contribution is 2.39. The minimum Gasteiger partial charge on any atom is -0.398 e. The Morgan fingerprint density at radius 1 is 0.846 bits per heavy atom. The summed E-state index contributed by atoms with van der Waals surface area (Å²) >= 11 is 0. The Morgan fingerprint density at radius 3 is 2.27 bits per heavy atom. The van der Waals surface area contributed by atoms with Crippen molar-refractivity contribution in [1.82, 2.24) is 0 Å². The number of hydrogen-bond acceptors (Lipinski definition) is 3. The van der Waals surface area contributed by atoms with E-state index in [1.807, 2.05) is 0 Å². The van der Waals surface area contributed by atoms with Gasteiger partial charge in [0.15, 0.2) is 5.79 Å². The lowest BCUT2D eigenvalue weighted by molar-refractivity contribution is -0.171. The summed E-state index contributed by atoms with van der Waals surface area (Å²) in [6.07, 6.45) is 6.17. The third kappa shape index (κ3) is 2.68. The molecular weight excluding hydrogens is 322 g/mol. The quantitative estimate of drug-likeness (QED) is 0.482. The lowest BCUT2D eigenvalue weighted by Gasteiger charge is -2.32. The van der Waals surface area contributed by atoms with Gasteiger partial charge >= 0.3 is 0 Å². The standard InChI is InChI=1S/C23H23NO2/c24-22-20(13-16-7-9-23(10-8-16)25-11-12-26-23)6-5-19-14-17-3-1-2-4-18(17)15-21(19)22/h1-6,13-15H,7-12,24H2. The van der Waals surface area contributed by atoms with E-state index in [1.165, 1.54) is 21.7 Å². The molecule has 5 rings (SSSR count). The maximum atomic E-state index is 6.55. The monoisotopic (exact) mass is 345 g/mol. The molecule has 0 radical (unpaired) electrons. The van der Waals surface area contributed by atoms with Crippen LogP contribution in [-0.2, 0) is 9.47 Å². The Kier molecular flexibility index (Phi) is 3.73. The molecule has 0 bridgehead atoms. The summed E-state index contributed by atoms with van der Waals surface area (Å²) in [5, 5.41) is 4.80. The number of nitrogen functional groups attached to an aromatic ring is 1. The second-order valence-electron chi connectivity index (χ2n) is 7.40. The van der Waals surface area contributed by atoms with Crippen molar-refractivity contribution in [2.75, 3.05) is 18.9 Å². The molecule has 2 N–H and O–H groups in total. The summed E-state index contributed by atoms with van der Waals surface area (Å²) in [5.74, 6) is -0.314. The van der Waals surface area contributed by atoms with Gasteiger partial charge in [-0.3, -0.25) is 0 Å². The van der Waals surface area contributed by atoms with E-state index in [0.717, 1.165) is 55.5 Å². The molecule has 1 aliphatic heterocycles. The van der Waals surface area contributed by atoms with Crippen molar-refractivity contribution < 1.29 is 9.47 Å². The SMILES string of the molecule is Nc1c(C=C2CCC3(CC2)OCCO3)ccc2cc3ccccc3cc12. The summed E-state index contributed by atoms with van der Waals surface area (Å²) in [4.78, 5) is 0. The van der Waals surface area contributed by atoms with E-state index in [-0.39, 0.29) is 5.79 Å². The van der Waals surface area contributed by atoms with E-state index < -0.39 is 0 Å². The fraction of sp³-hybridized carbons (Fsp3) is 0.304. The van der Waals surface area contributed by atoms with Crippen molar-refractivity contribution >= 4 is 33.3 Å². The molecule has 3 nitrogen and oxygen atoms in total. The van der Waals surface area contributed by atoms with Gasteiger partial charge < -0.3 is 15.2 Å². The van der Waals surface area contributed by atoms with E-state index in [0.29, 0.717) is 0 Å². The molecule has 0 unspecified atom stereocenters. The van der Waals surface area contributed by atoms with Crippen molar-refractivity contribution in [3.8, 4) is 0 Å². The van der Waals surface area contributed by atoms with Crippen LogP contribution in [0.5, 0.6) is 0 Å². The molecule has 1 aliphatic carbocycles. The van der Waals surface area contributed by atoms with Crippen molar-refractivity contribution in [3.63, 3.8) is 0 Å². The zero-order valence-corrected chi connectivity index (χ0v) is 14.8. The topological polar surface area (TPSA) is 44.5 Å². The highest BCUT2D eigenvalue weighted by Gasteiger charge is 2.38. The Bertz CT molecular complexity index is 1000. The van der Waals surface area contributed by atoms with Gasteiger partial charge in [0.05, 0.1) is 13.2 Å². The lowest BCUT2D eigenvalue weighted by Crippen LogP contribution is -2.33. The fourth-order valence-corrected chi connectivity index (χ4v) is 4.28. The number of hydrogen-bond donors (Lipinski definition) is 1. The zero-order valence-electron chi connectivity index (χ0n) is 14.8. The minimum absolute atomic E-state index is 0.314. The molecule has 1 spiro atoms. The van der Waals surface area contributed by atoms with Gasteiger partial charge in [-0.15, -0.1) is 0 Å². The largest absolute Gasteiger partial charge is 0.398 e. The number of anilines is 1. The first kappa shape index (κ1) is 15.9. The van der Waals surface area contributed by atoms with E-state index in [4.69, 9.17) is 15.2 Å². The predicted molar refractivity (Wildman–Crippen MR) is 107 cm³/mol. The smallest absolute Gasteiger partial charge is 0.169 e. The molecule has 132 valence electrons. The number of benzene rings is 3. The number of ether oxygens (including phenoxy) is 2. The van der Waals surface area contributed by atoms with Gasteiger partial charge in [-0.25, -0.2) is 0 Å². The maximum absolute atomic E-state index is 6.55. The number of fused-ring (bicyclic) bond motifs is 2. The molecule has 3 aromatic rings. The van der Waals surface area contributed by atoms with Crippen molar-refractivity contribution in [3.05, 3.63) is 59.7 Å². The molecular formula is C23H23NO2. The summed E-state index contributed by atoms with van der Waals surface area (Å²) < 4.78 is 11.7. The van der Waals surface area contributed by atoms with Crippen molar-refractivity contribution in [2.45, 2.75) is 31.5 Å². The lowest BCUT2D eigenvalue weighted by atomic mass is 9.88. The maximum Gasteiger partial charge on any atom is 0.169 e. The summed E-state index contributed by atoms with van der Waals surface area (Å²) in [6, 6.07) is 17.2. The molecule has 0 amide bonds. The first-order valence-electron chi connectivity index (χ1n) is 9.41. The van der Waals surface area contributed by atoms with Crippen LogP contribution in [0.3, 0.4) is 0 Å². The van der Waals surface area contributed by atoms with E-state index >= 15 is 0 Å². The van der Waals surface area contributed by atoms with Crippen LogP contribution < -0.4 is 5.73 Å². The highest BCUT2D eigenvalue weighted by atomic mass is 16.7. The molecule has 2 fully saturated rings. The average molecular weight is 345 g/mol. The van der Waals surface area contributed by atoms with Crippen molar-refractivity contribution in [1.29, 1.82) is 0 Å². The Morgan fingerprint density at radius 2 is 1.54 bits per heavy atom. The number of rotatable bonds is 1. The predicted octanol–water partition coefficient (Wildman–Crippen LogP) is 5.28. The van der Waals surface area contributed by atoms with Gasteiger partial charge in [0.1, 0.15) is 0 Å². The van der Waals surface area contributed by atoms with Crippen LogP contribution in [0, 0.1) is 0 Å². The van der Waals surface area contributed by atoms with Gasteiger partial charge in [-0.05, 0) is 46.7 Å². The Labute approximate surface area is 153 Å². The number of nitrogens with two attached hydrogens (primary N) is 1.